The molecule has 5 N–H and O–H groups in total. The van der Waals surface area contributed by atoms with Gasteiger partial charge >= 0.3 is 0 Å². The molecule has 0 aliphatic carbocycles. The van der Waals surface area contributed by atoms with Gasteiger partial charge in [-0.2, -0.15) is 0 Å². The highest BCUT2D eigenvalue weighted by Gasteiger charge is 2.28. The summed E-state index contributed by atoms with van der Waals surface area (Å²) in [5.41, 5.74) is 9.55. The number of piperidine rings is 1. The van der Waals surface area contributed by atoms with Crippen LogP contribution in [-0.4, -0.2) is 27.6 Å². The number of carbonyl (C=O) groups is 1. The third-order valence-electron chi connectivity index (χ3n) is 5.85. The van der Waals surface area contributed by atoms with E-state index in [2.05, 4.69) is 10.3 Å². The summed E-state index contributed by atoms with van der Waals surface area (Å²) in [6.07, 6.45) is 5.63. The Balaban J connectivity index is 1.55. The van der Waals surface area contributed by atoms with Crippen LogP contribution < -0.4 is 21.6 Å². The molecule has 1 unspecified atom stereocenters. The van der Waals surface area contributed by atoms with Gasteiger partial charge < -0.3 is 25.4 Å². The first-order valence-corrected chi connectivity index (χ1v) is 11.1. The fourth-order valence-electron chi connectivity index (χ4n) is 4.12. The first kappa shape index (κ1) is 23.6. The van der Waals surface area contributed by atoms with Gasteiger partial charge in [0, 0.05) is 16.8 Å². The van der Waals surface area contributed by atoms with Crippen LogP contribution in [0.25, 0.3) is 5.69 Å². The predicted molar refractivity (Wildman–Crippen MR) is 128 cm³/mol. The van der Waals surface area contributed by atoms with Crippen molar-refractivity contribution in [1.29, 1.82) is 0 Å². The molecule has 178 valence electrons. The second kappa shape index (κ2) is 9.74. The number of nitrogens with zero attached hydrogens (tertiary/aromatic N) is 3. The van der Waals surface area contributed by atoms with E-state index in [0.717, 1.165) is 24.2 Å². The molecule has 2 heterocycles. The molecule has 4 rings (SSSR count). The quantitative estimate of drug-likeness (QED) is 0.473. The second-order valence-corrected chi connectivity index (χ2v) is 8.51. The number of aromatic nitrogens is 2. The topological polar surface area (TPSA) is 111 Å². The highest BCUT2D eigenvalue weighted by Crippen LogP contribution is 2.37. The molecular formula is C24H26ClFN6O2. The van der Waals surface area contributed by atoms with Crippen LogP contribution in [0.3, 0.4) is 0 Å². The van der Waals surface area contributed by atoms with Gasteiger partial charge in [-0.05, 0) is 62.1 Å². The smallest absolute Gasteiger partial charge is 0.256 e. The summed E-state index contributed by atoms with van der Waals surface area (Å²) in [7, 11) is 1.54. The van der Waals surface area contributed by atoms with Crippen LogP contribution in [0.4, 0.5) is 4.39 Å². The largest absolute Gasteiger partial charge is 0.495 e. The molecular weight excluding hydrogens is 459 g/mol. The van der Waals surface area contributed by atoms with Crippen LogP contribution in [0.15, 0.2) is 60.4 Å². The molecule has 10 heteroatoms. The average Bonchev–Trinajstić information content (AvgIpc) is 3.25. The van der Waals surface area contributed by atoms with Gasteiger partial charge in [0.1, 0.15) is 17.4 Å². The number of rotatable bonds is 5. The molecule has 0 radical (unpaired) electrons. The number of halogens is 2. The molecule has 1 aromatic heterocycles. The number of nitrogens with one attached hydrogen (secondary N) is 1. The zero-order valence-corrected chi connectivity index (χ0v) is 19.6. The van der Waals surface area contributed by atoms with Gasteiger partial charge in [-0.15, -0.1) is 0 Å². The molecule has 0 spiro atoms. The van der Waals surface area contributed by atoms with E-state index in [-0.39, 0.29) is 11.9 Å². The number of amides is 1. The second-order valence-electron chi connectivity index (χ2n) is 8.10. The van der Waals surface area contributed by atoms with E-state index in [0.29, 0.717) is 34.0 Å². The maximum Gasteiger partial charge on any atom is 0.256 e. The fourth-order valence-corrected chi connectivity index (χ4v) is 4.41. The minimum Gasteiger partial charge on any atom is -0.495 e. The van der Waals surface area contributed by atoms with Crippen molar-refractivity contribution in [1.82, 2.24) is 19.9 Å². The van der Waals surface area contributed by atoms with Crippen molar-refractivity contribution in [2.24, 2.45) is 11.6 Å². The first-order valence-electron chi connectivity index (χ1n) is 10.8. The summed E-state index contributed by atoms with van der Waals surface area (Å²) in [5.74, 6) is 6.23. The van der Waals surface area contributed by atoms with Crippen LogP contribution in [0.5, 0.6) is 5.75 Å². The first-order chi connectivity index (χ1) is 16.3. The summed E-state index contributed by atoms with van der Waals surface area (Å²) in [4.78, 5) is 17.2. The van der Waals surface area contributed by atoms with Gasteiger partial charge in [0.2, 0.25) is 0 Å². The van der Waals surface area contributed by atoms with E-state index >= 15 is 0 Å². The van der Waals surface area contributed by atoms with Gasteiger partial charge in [0.15, 0.2) is 0 Å². The van der Waals surface area contributed by atoms with Gasteiger partial charge in [-0.3, -0.25) is 4.79 Å². The lowest BCUT2D eigenvalue weighted by Crippen LogP contribution is -2.42. The molecule has 1 amide bonds. The van der Waals surface area contributed by atoms with E-state index in [1.165, 1.54) is 24.3 Å². The average molecular weight is 485 g/mol. The Labute approximate surface area is 201 Å². The predicted octanol–water partition coefficient (Wildman–Crippen LogP) is 3.94. The molecule has 1 fully saturated rings. The molecule has 1 atom stereocenters. The van der Waals surface area contributed by atoms with E-state index in [1.54, 1.807) is 30.6 Å². The summed E-state index contributed by atoms with van der Waals surface area (Å²) < 4.78 is 20.8. The lowest BCUT2D eigenvalue weighted by Gasteiger charge is -2.37. The van der Waals surface area contributed by atoms with Gasteiger partial charge in [-0.25, -0.2) is 15.2 Å². The Hall–Kier alpha value is -3.56. The molecule has 0 saturated carbocycles. The molecule has 3 aromatic rings. The van der Waals surface area contributed by atoms with Gasteiger partial charge in [0.25, 0.3) is 5.91 Å². The zero-order valence-electron chi connectivity index (χ0n) is 18.9. The fraction of sp³-hybridized carbons (Fsp3) is 0.250. The lowest BCUT2D eigenvalue weighted by atomic mass is 9.94. The van der Waals surface area contributed by atoms with Gasteiger partial charge in [-0.1, -0.05) is 17.7 Å². The number of hydrazine groups is 1. The highest BCUT2D eigenvalue weighted by atomic mass is 35.5. The number of methoxy groups -OCH3 is 1. The van der Waals surface area contributed by atoms with E-state index in [9.17, 15) is 9.18 Å². The zero-order chi connectivity index (χ0) is 24.4. The Morgan fingerprint density at radius 3 is 2.76 bits per heavy atom. The lowest BCUT2D eigenvalue weighted by molar-refractivity contribution is 0.0961. The SMILES string of the molecule is COc1cc(C(=O)N/C(N)=C2\CCCC(c3ccc(F)cc3Cl)N2N)ccc1-n1cnc(C)c1. The summed E-state index contributed by atoms with van der Waals surface area (Å²) >= 11 is 6.25. The number of benzene rings is 2. The van der Waals surface area contributed by atoms with Crippen molar-refractivity contribution in [2.45, 2.75) is 32.2 Å². The maximum absolute atomic E-state index is 13.5. The third kappa shape index (κ3) is 4.71. The maximum atomic E-state index is 13.5. The normalized spacial score (nSPS) is 17.4. The summed E-state index contributed by atoms with van der Waals surface area (Å²) in [6.45, 7) is 1.89. The Bertz CT molecular complexity index is 1260. The highest BCUT2D eigenvalue weighted by molar-refractivity contribution is 6.31. The molecule has 1 aliphatic heterocycles. The van der Waals surface area contributed by atoms with E-state index in [1.807, 2.05) is 17.7 Å². The van der Waals surface area contributed by atoms with Crippen LogP contribution in [0.1, 0.15) is 46.9 Å². The molecule has 1 saturated heterocycles. The standard InChI is InChI=1S/C24H26ClFN6O2/c1-14-12-31(13-29-14)20-9-6-15(10-22(20)34-2)24(33)30-23(27)21-5-3-4-19(32(21)28)17-8-7-16(26)11-18(17)25/h6-13,19H,3-5,27-28H2,1-2H3,(H,30,33)/b23-21+. The van der Waals surface area contributed by atoms with Crippen LogP contribution >= 0.6 is 11.6 Å². The number of aryl methyl sites for hydroxylation is 1. The third-order valence-corrected chi connectivity index (χ3v) is 6.18. The number of imidazole rings is 1. The monoisotopic (exact) mass is 484 g/mol. The van der Waals surface area contributed by atoms with Crippen molar-refractivity contribution in [3.63, 3.8) is 0 Å². The minimum atomic E-state index is -0.416. The van der Waals surface area contributed by atoms with Crippen molar-refractivity contribution in [3.8, 4) is 11.4 Å². The van der Waals surface area contributed by atoms with Crippen LogP contribution in [0, 0.1) is 12.7 Å². The number of carbonyl (C=O) groups excluding carboxylic acids is 1. The van der Waals surface area contributed by atoms with Gasteiger partial charge in [0.05, 0.1) is 36.6 Å². The number of hydrogen-bond acceptors (Lipinski definition) is 6. The molecule has 34 heavy (non-hydrogen) atoms. The Kier molecular flexibility index (Phi) is 6.76. The van der Waals surface area contributed by atoms with Crippen molar-refractivity contribution < 1.29 is 13.9 Å². The molecule has 0 bridgehead atoms. The molecule has 2 aromatic carbocycles. The van der Waals surface area contributed by atoms with E-state index < -0.39 is 11.7 Å². The molecule has 8 nitrogen and oxygen atoms in total. The molecule has 1 aliphatic rings. The number of hydrogen-bond donors (Lipinski definition) is 3. The van der Waals surface area contributed by atoms with E-state index in [4.69, 9.17) is 27.9 Å². The van der Waals surface area contributed by atoms with Crippen molar-refractivity contribution >= 4 is 17.5 Å². The minimum absolute atomic E-state index is 0.156. The number of nitrogens with two attached hydrogens (primary N) is 2. The van der Waals surface area contributed by atoms with Crippen molar-refractivity contribution in [3.05, 3.63) is 88.1 Å². The van der Waals surface area contributed by atoms with Crippen LogP contribution in [0.2, 0.25) is 5.02 Å². The van der Waals surface area contributed by atoms with Crippen molar-refractivity contribution in [2.75, 3.05) is 7.11 Å². The summed E-state index contributed by atoms with van der Waals surface area (Å²) in [5, 5.41) is 4.53. The number of ether oxygens (including phenoxy) is 1. The Morgan fingerprint density at radius 1 is 1.29 bits per heavy atom. The Morgan fingerprint density at radius 2 is 2.09 bits per heavy atom. The van der Waals surface area contributed by atoms with Crippen LogP contribution in [-0.2, 0) is 0 Å². The number of allylic oxidation sites excluding steroid dienone is 1. The summed E-state index contributed by atoms with van der Waals surface area (Å²) in [6, 6.07) is 9.04.